The van der Waals surface area contributed by atoms with E-state index in [9.17, 15) is 4.79 Å². The lowest BCUT2D eigenvalue weighted by Gasteiger charge is -2.14. The maximum Gasteiger partial charge on any atom is 0.258 e. The summed E-state index contributed by atoms with van der Waals surface area (Å²) in [5, 5.41) is 12.8. The predicted octanol–water partition coefficient (Wildman–Crippen LogP) is 5.73. The third kappa shape index (κ3) is 4.03. The van der Waals surface area contributed by atoms with E-state index in [-0.39, 0.29) is 11.8 Å². The minimum atomic E-state index is -0.217. The molecule has 0 spiro atoms. The quantitative estimate of drug-likeness (QED) is 0.422. The van der Waals surface area contributed by atoms with E-state index in [0.29, 0.717) is 10.7 Å². The summed E-state index contributed by atoms with van der Waals surface area (Å²) in [6.45, 7) is 0. The smallest absolute Gasteiger partial charge is 0.258 e. The normalized spacial score (nSPS) is 10.8. The van der Waals surface area contributed by atoms with Crippen molar-refractivity contribution in [1.82, 2.24) is 10.2 Å². The average Bonchev–Trinajstić information content (AvgIpc) is 3.18. The zero-order valence-electron chi connectivity index (χ0n) is 14.7. The summed E-state index contributed by atoms with van der Waals surface area (Å²) >= 11 is 4.80. The molecule has 0 fully saturated rings. The van der Waals surface area contributed by atoms with Gasteiger partial charge < -0.3 is 0 Å². The number of amides is 1. The van der Waals surface area contributed by atoms with Crippen LogP contribution in [0.25, 0.3) is 0 Å². The van der Waals surface area contributed by atoms with E-state index in [1.807, 2.05) is 54.6 Å². The van der Waals surface area contributed by atoms with Crippen molar-refractivity contribution in [3.05, 3.63) is 111 Å². The molecule has 0 aliphatic heterocycles. The van der Waals surface area contributed by atoms with Gasteiger partial charge >= 0.3 is 0 Å². The number of anilines is 1. The molecule has 28 heavy (non-hydrogen) atoms. The summed E-state index contributed by atoms with van der Waals surface area (Å²) < 4.78 is 0.740. The molecule has 138 valence electrons. The van der Waals surface area contributed by atoms with Crippen LogP contribution in [0.1, 0.15) is 32.4 Å². The summed E-state index contributed by atoms with van der Waals surface area (Å²) in [5.74, 6) is -0.250. The highest BCUT2D eigenvalue weighted by molar-refractivity contribution is 9.10. The molecule has 1 N–H and O–H groups in total. The van der Waals surface area contributed by atoms with Crippen molar-refractivity contribution in [3.8, 4) is 0 Å². The first-order valence-corrected chi connectivity index (χ1v) is 10.3. The first kappa shape index (κ1) is 18.5. The summed E-state index contributed by atoms with van der Waals surface area (Å²) in [5.41, 5.74) is 2.82. The molecule has 0 aliphatic rings. The van der Waals surface area contributed by atoms with Crippen LogP contribution in [0.2, 0.25) is 0 Å². The topological polar surface area (TPSA) is 54.9 Å². The Morgan fingerprint density at radius 2 is 1.39 bits per heavy atom. The van der Waals surface area contributed by atoms with E-state index >= 15 is 0 Å². The van der Waals surface area contributed by atoms with Crippen molar-refractivity contribution in [3.63, 3.8) is 0 Å². The molecule has 4 nitrogen and oxygen atoms in total. The summed E-state index contributed by atoms with van der Waals surface area (Å²) in [6.07, 6.45) is 0. The van der Waals surface area contributed by atoms with Crippen LogP contribution in [-0.2, 0) is 0 Å². The van der Waals surface area contributed by atoms with Crippen LogP contribution in [0.5, 0.6) is 0 Å². The lowest BCUT2D eigenvalue weighted by atomic mass is 9.92. The molecule has 0 unspecified atom stereocenters. The Morgan fingerprint density at radius 1 is 0.821 bits per heavy atom. The van der Waals surface area contributed by atoms with Gasteiger partial charge in [-0.05, 0) is 39.2 Å². The van der Waals surface area contributed by atoms with Crippen LogP contribution < -0.4 is 5.32 Å². The Bertz CT molecular complexity index is 1040. The second-order valence-electron chi connectivity index (χ2n) is 6.13. The molecular formula is C22H16BrN3OS. The lowest BCUT2D eigenvalue weighted by molar-refractivity contribution is 0.102. The lowest BCUT2D eigenvalue weighted by Crippen LogP contribution is -2.12. The summed E-state index contributed by atoms with van der Waals surface area (Å²) in [4.78, 5) is 12.6. The van der Waals surface area contributed by atoms with Crippen LogP contribution in [0.3, 0.4) is 0 Å². The van der Waals surface area contributed by atoms with E-state index in [2.05, 4.69) is 55.7 Å². The van der Waals surface area contributed by atoms with E-state index in [4.69, 9.17) is 0 Å². The molecule has 0 saturated heterocycles. The Morgan fingerprint density at radius 3 is 2.00 bits per heavy atom. The molecule has 1 amide bonds. The van der Waals surface area contributed by atoms with E-state index in [1.54, 1.807) is 6.07 Å². The summed E-state index contributed by atoms with van der Waals surface area (Å²) in [7, 11) is 0. The Balaban J connectivity index is 1.64. The van der Waals surface area contributed by atoms with Gasteiger partial charge in [0.05, 0.1) is 11.5 Å². The number of halogens is 1. The third-order valence-corrected chi connectivity index (χ3v) is 5.89. The molecule has 0 saturated carbocycles. The Kier molecular flexibility index (Phi) is 5.60. The van der Waals surface area contributed by atoms with Crippen molar-refractivity contribution in [2.45, 2.75) is 5.92 Å². The number of carbonyl (C=O) groups excluding carboxylic acids is 1. The van der Waals surface area contributed by atoms with Gasteiger partial charge in [0.15, 0.2) is 0 Å². The average molecular weight is 450 g/mol. The van der Waals surface area contributed by atoms with Crippen LogP contribution in [0.15, 0.2) is 89.4 Å². The highest BCUT2D eigenvalue weighted by Crippen LogP contribution is 2.34. The first-order chi connectivity index (χ1) is 13.7. The first-order valence-electron chi connectivity index (χ1n) is 8.71. The molecule has 0 aliphatic carbocycles. The molecule has 0 bridgehead atoms. The second kappa shape index (κ2) is 8.46. The van der Waals surface area contributed by atoms with Gasteiger partial charge in [0.2, 0.25) is 5.13 Å². The molecule has 6 heteroatoms. The van der Waals surface area contributed by atoms with Gasteiger partial charge in [0.1, 0.15) is 5.01 Å². The van der Waals surface area contributed by atoms with Gasteiger partial charge in [0, 0.05) is 4.47 Å². The largest absolute Gasteiger partial charge is 0.296 e. The van der Waals surface area contributed by atoms with Crippen molar-refractivity contribution in [1.29, 1.82) is 0 Å². The standard InChI is InChI=1S/C22H16BrN3OS/c23-18-14-8-7-13-17(18)20(27)24-22-26-25-21(28-22)19(15-9-3-1-4-10-15)16-11-5-2-6-12-16/h1-14,19H,(H,24,26,27). The van der Waals surface area contributed by atoms with Crippen LogP contribution >= 0.6 is 27.3 Å². The van der Waals surface area contributed by atoms with Gasteiger partial charge in [-0.15, -0.1) is 10.2 Å². The fourth-order valence-electron chi connectivity index (χ4n) is 2.98. The van der Waals surface area contributed by atoms with Gasteiger partial charge in [-0.3, -0.25) is 10.1 Å². The maximum absolute atomic E-state index is 12.6. The molecular weight excluding hydrogens is 434 g/mol. The number of nitrogens with zero attached hydrogens (tertiary/aromatic N) is 2. The van der Waals surface area contributed by atoms with Crippen LogP contribution in [0.4, 0.5) is 5.13 Å². The van der Waals surface area contributed by atoms with E-state index < -0.39 is 0 Å². The van der Waals surface area contributed by atoms with Crippen LogP contribution in [-0.4, -0.2) is 16.1 Å². The molecule has 0 atom stereocenters. The van der Waals surface area contributed by atoms with Gasteiger partial charge in [-0.25, -0.2) is 0 Å². The second-order valence-corrected chi connectivity index (χ2v) is 8.00. The van der Waals surface area contributed by atoms with Gasteiger partial charge in [-0.2, -0.15) is 0 Å². The van der Waals surface area contributed by atoms with Crippen molar-refractivity contribution >= 4 is 38.3 Å². The monoisotopic (exact) mass is 449 g/mol. The van der Waals surface area contributed by atoms with E-state index in [0.717, 1.165) is 20.6 Å². The zero-order chi connectivity index (χ0) is 19.3. The number of hydrogen-bond acceptors (Lipinski definition) is 4. The predicted molar refractivity (Wildman–Crippen MR) is 116 cm³/mol. The third-order valence-electron chi connectivity index (χ3n) is 4.29. The maximum atomic E-state index is 12.6. The highest BCUT2D eigenvalue weighted by atomic mass is 79.9. The molecule has 1 aromatic heterocycles. The molecule has 4 aromatic rings. The number of hydrogen-bond donors (Lipinski definition) is 1. The van der Waals surface area contributed by atoms with Gasteiger partial charge in [-0.1, -0.05) is 84.1 Å². The SMILES string of the molecule is O=C(Nc1nnc(C(c2ccccc2)c2ccccc2)s1)c1ccccc1Br. The number of rotatable bonds is 5. The Hall–Kier alpha value is -2.83. The summed E-state index contributed by atoms with van der Waals surface area (Å²) in [6, 6.07) is 27.7. The molecule has 3 aromatic carbocycles. The molecule has 4 rings (SSSR count). The van der Waals surface area contributed by atoms with Gasteiger partial charge in [0.25, 0.3) is 5.91 Å². The number of benzene rings is 3. The van der Waals surface area contributed by atoms with Crippen LogP contribution in [0, 0.1) is 0 Å². The van der Waals surface area contributed by atoms with Crippen molar-refractivity contribution in [2.75, 3.05) is 5.32 Å². The number of carbonyl (C=O) groups is 1. The minimum Gasteiger partial charge on any atom is -0.296 e. The fraction of sp³-hybridized carbons (Fsp3) is 0.0455. The molecule has 0 radical (unpaired) electrons. The Labute approximate surface area is 175 Å². The number of aromatic nitrogens is 2. The van der Waals surface area contributed by atoms with E-state index in [1.165, 1.54) is 11.3 Å². The highest BCUT2D eigenvalue weighted by Gasteiger charge is 2.22. The fourth-order valence-corrected chi connectivity index (χ4v) is 4.34. The minimum absolute atomic E-state index is 0.0333. The molecule has 1 heterocycles. The number of nitrogens with one attached hydrogen (secondary N) is 1. The van der Waals surface area contributed by atoms with Crippen molar-refractivity contribution < 1.29 is 4.79 Å². The van der Waals surface area contributed by atoms with Crippen molar-refractivity contribution in [2.24, 2.45) is 0 Å². The zero-order valence-corrected chi connectivity index (χ0v) is 17.2.